The predicted octanol–water partition coefficient (Wildman–Crippen LogP) is 1.24. The topological polar surface area (TPSA) is 91.3 Å². The summed E-state index contributed by atoms with van der Waals surface area (Å²) in [5.41, 5.74) is 0.299. The maximum Gasteiger partial charge on any atom is 0.270 e. The molecule has 106 valence electrons. The molecule has 0 spiro atoms. The molecule has 0 saturated heterocycles. The van der Waals surface area contributed by atoms with Crippen LogP contribution in [0.5, 0.6) is 0 Å². The highest BCUT2D eigenvalue weighted by Crippen LogP contribution is 2.15. The molecule has 6 nitrogen and oxygen atoms in total. The molecule has 0 bridgehead atoms. The van der Waals surface area contributed by atoms with Crippen LogP contribution in [0.15, 0.2) is 5.38 Å². The molecule has 1 unspecified atom stereocenters. The molecule has 1 rings (SSSR count). The van der Waals surface area contributed by atoms with Crippen molar-refractivity contribution in [2.75, 3.05) is 18.5 Å². The Kier molecular flexibility index (Phi) is 6.44. The number of amides is 2. The van der Waals surface area contributed by atoms with Crippen molar-refractivity contribution in [2.45, 2.75) is 26.7 Å². The van der Waals surface area contributed by atoms with Gasteiger partial charge in [0.15, 0.2) is 5.13 Å². The van der Waals surface area contributed by atoms with E-state index in [0.717, 1.165) is 6.42 Å². The molecule has 19 heavy (non-hydrogen) atoms. The lowest BCUT2D eigenvalue weighted by Crippen LogP contribution is -2.29. The van der Waals surface area contributed by atoms with Gasteiger partial charge in [-0.05, 0) is 12.3 Å². The fourth-order valence-electron chi connectivity index (χ4n) is 1.55. The van der Waals surface area contributed by atoms with Gasteiger partial charge in [-0.3, -0.25) is 9.59 Å². The van der Waals surface area contributed by atoms with Crippen LogP contribution in [0.3, 0.4) is 0 Å². The standard InChI is InChI=1S/C12H19N3O3S/c1-3-9(4-5-16)6-13-11(18)10-7-19-12(15-10)14-8(2)17/h7,9,16H,3-6H2,1-2H3,(H,13,18)(H,14,15,17). The second-order valence-corrected chi connectivity index (χ2v) is 5.07. The molecule has 0 aliphatic rings. The lowest BCUT2D eigenvalue weighted by Gasteiger charge is -2.13. The first-order valence-electron chi connectivity index (χ1n) is 6.19. The molecule has 1 atom stereocenters. The van der Waals surface area contributed by atoms with E-state index in [0.29, 0.717) is 23.8 Å². The summed E-state index contributed by atoms with van der Waals surface area (Å²) in [6.07, 6.45) is 1.57. The molecule has 7 heteroatoms. The molecule has 0 fully saturated rings. The number of thiazole rings is 1. The van der Waals surface area contributed by atoms with Crippen molar-refractivity contribution in [3.8, 4) is 0 Å². The number of hydrogen-bond donors (Lipinski definition) is 3. The quantitative estimate of drug-likeness (QED) is 0.703. The molecule has 0 aliphatic carbocycles. The predicted molar refractivity (Wildman–Crippen MR) is 74.2 cm³/mol. The Morgan fingerprint density at radius 3 is 2.84 bits per heavy atom. The summed E-state index contributed by atoms with van der Waals surface area (Å²) in [5, 5.41) is 16.2. The van der Waals surface area contributed by atoms with Crippen molar-refractivity contribution in [2.24, 2.45) is 5.92 Å². The van der Waals surface area contributed by atoms with Crippen LogP contribution in [0.1, 0.15) is 37.2 Å². The van der Waals surface area contributed by atoms with Gasteiger partial charge < -0.3 is 15.7 Å². The second-order valence-electron chi connectivity index (χ2n) is 4.22. The zero-order chi connectivity index (χ0) is 14.3. The van der Waals surface area contributed by atoms with Crippen LogP contribution in [-0.4, -0.2) is 35.1 Å². The number of nitrogens with one attached hydrogen (secondary N) is 2. The minimum atomic E-state index is -0.260. The summed E-state index contributed by atoms with van der Waals surface area (Å²) >= 11 is 1.21. The zero-order valence-electron chi connectivity index (χ0n) is 11.1. The Balaban J connectivity index is 2.49. The van der Waals surface area contributed by atoms with Gasteiger partial charge in [0.2, 0.25) is 5.91 Å². The molecular formula is C12H19N3O3S. The van der Waals surface area contributed by atoms with Gasteiger partial charge in [0, 0.05) is 25.5 Å². The second kappa shape index (κ2) is 7.85. The van der Waals surface area contributed by atoms with Crippen LogP contribution in [0.4, 0.5) is 5.13 Å². The van der Waals surface area contributed by atoms with Crippen LogP contribution in [0, 0.1) is 5.92 Å². The van der Waals surface area contributed by atoms with Gasteiger partial charge in [-0.2, -0.15) is 0 Å². The lowest BCUT2D eigenvalue weighted by molar-refractivity contribution is -0.114. The number of aromatic nitrogens is 1. The average Bonchev–Trinajstić information content (AvgIpc) is 2.81. The molecule has 1 aromatic rings. The van der Waals surface area contributed by atoms with Crippen LogP contribution in [0.2, 0.25) is 0 Å². The number of aliphatic hydroxyl groups is 1. The van der Waals surface area contributed by atoms with E-state index in [-0.39, 0.29) is 24.3 Å². The molecular weight excluding hydrogens is 266 g/mol. The minimum absolute atomic E-state index is 0.123. The van der Waals surface area contributed by atoms with Crippen molar-refractivity contribution >= 4 is 28.3 Å². The summed E-state index contributed by atoms with van der Waals surface area (Å²) in [5.74, 6) is -0.207. The Labute approximate surface area is 116 Å². The van der Waals surface area contributed by atoms with Crippen LogP contribution >= 0.6 is 11.3 Å². The van der Waals surface area contributed by atoms with Crippen molar-refractivity contribution in [1.82, 2.24) is 10.3 Å². The van der Waals surface area contributed by atoms with Gasteiger partial charge in [-0.1, -0.05) is 13.3 Å². The summed E-state index contributed by atoms with van der Waals surface area (Å²) in [4.78, 5) is 26.7. The number of carbonyl (C=O) groups excluding carboxylic acids is 2. The summed E-state index contributed by atoms with van der Waals surface area (Å²) in [6.45, 7) is 4.05. The summed E-state index contributed by atoms with van der Waals surface area (Å²) in [7, 11) is 0. The lowest BCUT2D eigenvalue weighted by atomic mass is 10.0. The monoisotopic (exact) mass is 285 g/mol. The molecule has 0 saturated carbocycles. The Morgan fingerprint density at radius 2 is 2.26 bits per heavy atom. The third-order valence-electron chi connectivity index (χ3n) is 2.69. The van der Waals surface area contributed by atoms with Gasteiger partial charge in [0.05, 0.1) is 0 Å². The summed E-state index contributed by atoms with van der Waals surface area (Å²) in [6, 6.07) is 0. The van der Waals surface area contributed by atoms with Crippen molar-refractivity contribution in [3.63, 3.8) is 0 Å². The normalized spacial score (nSPS) is 11.9. The van der Waals surface area contributed by atoms with E-state index in [2.05, 4.69) is 15.6 Å². The van der Waals surface area contributed by atoms with Crippen LogP contribution in [0.25, 0.3) is 0 Å². The molecule has 3 N–H and O–H groups in total. The van der Waals surface area contributed by atoms with E-state index in [1.165, 1.54) is 18.3 Å². The third kappa shape index (κ3) is 5.35. The summed E-state index contributed by atoms with van der Waals surface area (Å²) < 4.78 is 0. The minimum Gasteiger partial charge on any atom is -0.396 e. The van der Waals surface area contributed by atoms with Gasteiger partial charge in [0.25, 0.3) is 5.91 Å². The molecule has 0 aliphatic heterocycles. The fraction of sp³-hybridized carbons (Fsp3) is 0.583. The SMILES string of the molecule is CCC(CCO)CNC(=O)c1csc(NC(C)=O)n1. The number of nitrogens with zero attached hydrogens (tertiary/aromatic N) is 1. The van der Waals surface area contributed by atoms with Gasteiger partial charge in [0.1, 0.15) is 5.69 Å². The maximum absolute atomic E-state index is 11.8. The molecule has 1 heterocycles. The highest BCUT2D eigenvalue weighted by atomic mass is 32.1. The van der Waals surface area contributed by atoms with Crippen molar-refractivity contribution in [3.05, 3.63) is 11.1 Å². The Morgan fingerprint density at radius 1 is 1.53 bits per heavy atom. The highest BCUT2D eigenvalue weighted by Gasteiger charge is 2.13. The molecule has 0 radical (unpaired) electrons. The maximum atomic E-state index is 11.8. The first kappa shape index (κ1) is 15.6. The smallest absolute Gasteiger partial charge is 0.270 e. The van der Waals surface area contributed by atoms with Crippen molar-refractivity contribution < 1.29 is 14.7 Å². The molecule has 1 aromatic heterocycles. The van der Waals surface area contributed by atoms with Crippen LogP contribution in [-0.2, 0) is 4.79 Å². The Hall–Kier alpha value is -1.47. The zero-order valence-corrected chi connectivity index (χ0v) is 11.9. The third-order valence-corrected chi connectivity index (χ3v) is 3.44. The number of anilines is 1. The van der Waals surface area contributed by atoms with E-state index in [4.69, 9.17) is 5.11 Å². The van der Waals surface area contributed by atoms with Gasteiger partial charge >= 0.3 is 0 Å². The highest BCUT2D eigenvalue weighted by molar-refractivity contribution is 7.14. The van der Waals surface area contributed by atoms with E-state index >= 15 is 0 Å². The van der Waals surface area contributed by atoms with Crippen LogP contribution < -0.4 is 10.6 Å². The first-order chi connectivity index (χ1) is 9.06. The van der Waals surface area contributed by atoms with Crippen molar-refractivity contribution in [1.29, 1.82) is 0 Å². The largest absolute Gasteiger partial charge is 0.396 e. The molecule has 2 amide bonds. The van der Waals surface area contributed by atoms with E-state index in [9.17, 15) is 9.59 Å². The molecule has 0 aromatic carbocycles. The van der Waals surface area contributed by atoms with Gasteiger partial charge in [-0.25, -0.2) is 4.98 Å². The van der Waals surface area contributed by atoms with E-state index < -0.39 is 0 Å². The van der Waals surface area contributed by atoms with E-state index in [1.54, 1.807) is 5.38 Å². The fourth-order valence-corrected chi connectivity index (χ4v) is 2.28. The average molecular weight is 285 g/mol. The number of carbonyl (C=O) groups is 2. The Bertz CT molecular complexity index is 434. The number of rotatable bonds is 7. The van der Waals surface area contributed by atoms with Gasteiger partial charge in [-0.15, -0.1) is 11.3 Å². The number of hydrogen-bond acceptors (Lipinski definition) is 5. The van der Waals surface area contributed by atoms with E-state index in [1.807, 2.05) is 6.92 Å². The number of aliphatic hydroxyl groups excluding tert-OH is 1. The first-order valence-corrected chi connectivity index (χ1v) is 7.07.